The fourth-order valence-corrected chi connectivity index (χ4v) is 9.16. The monoisotopic (exact) mass is 428 g/mol. The fraction of sp³-hybridized carbons (Fsp3) is 0.862. The summed E-state index contributed by atoms with van der Waals surface area (Å²) < 4.78 is 0. The van der Waals surface area contributed by atoms with Gasteiger partial charge >= 0.3 is 0 Å². The fourth-order valence-electron chi connectivity index (χ4n) is 9.16. The van der Waals surface area contributed by atoms with E-state index in [1.54, 1.807) is 0 Å². The number of fused-ring (bicyclic) bond motifs is 5. The van der Waals surface area contributed by atoms with Crippen molar-refractivity contribution < 1.29 is 10.2 Å². The first-order valence-corrected chi connectivity index (χ1v) is 13.1. The van der Waals surface area contributed by atoms with Crippen molar-refractivity contribution in [2.45, 2.75) is 112 Å². The number of allylic oxidation sites excluding steroid dienone is 3. The zero-order valence-electron chi connectivity index (χ0n) is 21.2. The Morgan fingerprint density at radius 2 is 1.77 bits per heavy atom. The van der Waals surface area contributed by atoms with Crippen LogP contribution < -0.4 is 0 Å². The molecule has 0 spiro atoms. The third-order valence-electron chi connectivity index (χ3n) is 11.0. The van der Waals surface area contributed by atoms with Crippen LogP contribution in [0.5, 0.6) is 0 Å². The minimum Gasteiger partial charge on any atom is -0.392 e. The molecule has 3 saturated carbocycles. The second-order valence-electron chi connectivity index (χ2n) is 13.1. The van der Waals surface area contributed by atoms with E-state index in [2.05, 4.69) is 60.6 Å². The number of rotatable bonds is 4. The molecule has 2 nitrogen and oxygen atoms in total. The Kier molecular flexibility index (Phi) is 6.09. The number of hydrogen-bond acceptors (Lipinski definition) is 2. The van der Waals surface area contributed by atoms with Gasteiger partial charge < -0.3 is 10.2 Å². The molecule has 2 N–H and O–H groups in total. The second-order valence-corrected chi connectivity index (χ2v) is 13.1. The van der Waals surface area contributed by atoms with Gasteiger partial charge in [-0.05, 0) is 93.8 Å². The zero-order chi connectivity index (χ0) is 22.8. The van der Waals surface area contributed by atoms with Crippen molar-refractivity contribution in [3.8, 4) is 0 Å². The lowest BCUT2D eigenvalue weighted by Crippen LogP contribution is -2.60. The molecular formula is C29H48O2. The average molecular weight is 429 g/mol. The van der Waals surface area contributed by atoms with Crippen molar-refractivity contribution in [1.82, 2.24) is 0 Å². The van der Waals surface area contributed by atoms with E-state index < -0.39 is 12.2 Å². The highest BCUT2D eigenvalue weighted by atomic mass is 16.3. The molecule has 4 aliphatic rings. The SMILES string of the molecule is CC(C)=CCC[C@@H](C)[C@H]1CC[C@H]2[C@@H]3CC=C4C(C)(C)[C@@H](O)C[C@H](O)[C@]4(C)[C@H]3CC[C@]12C. The average Bonchev–Trinajstić information content (AvgIpc) is 3.04. The number of hydrogen-bond donors (Lipinski definition) is 2. The molecule has 9 atom stereocenters. The molecule has 4 aliphatic carbocycles. The maximum absolute atomic E-state index is 11.3. The van der Waals surface area contributed by atoms with Crippen molar-refractivity contribution in [3.63, 3.8) is 0 Å². The van der Waals surface area contributed by atoms with Crippen molar-refractivity contribution in [2.24, 2.45) is 45.8 Å². The highest BCUT2D eigenvalue weighted by Gasteiger charge is 2.63. The van der Waals surface area contributed by atoms with Gasteiger partial charge in [-0.3, -0.25) is 0 Å². The van der Waals surface area contributed by atoms with E-state index in [9.17, 15) is 10.2 Å². The lowest BCUT2D eigenvalue weighted by Gasteiger charge is -2.62. The molecule has 0 aromatic heterocycles. The molecule has 31 heavy (non-hydrogen) atoms. The smallest absolute Gasteiger partial charge is 0.0658 e. The van der Waals surface area contributed by atoms with E-state index in [-0.39, 0.29) is 10.8 Å². The summed E-state index contributed by atoms with van der Waals surface area (Å²) in [4.78, 5) is 0. The molecule has 176 valence electrons. The quantitative estimate of drug-likeness (QED) is 0.477. The predicted octanol–water partition coefficient (Wildman–Crippen LogP) is 6.92. The van der Waals surface area contributed by atoms with Crippen LogP contribution in [0.25, 0.3) is 0 Å². The van der Waals surface area contributed by atoms with Crippen LogP contribution in [-0.2, 0) is 0 Å². The lowest BCUT2D eigenvalue weighted by molar-refractivity contribution is -0.133. The number of aliphatic hydroxyl groups excluding tert-OH is 2. The van der Waals surface area contributed by atoms with Gasteiger partial charge in [-0.15, -0.1) is 0 Å². The molecule has 0 bridgehead atoms. The van der Waals surface area contributed by atoms with Crippen LogP contribution >= 0.6 is 0 Å². The highest BCUT2D eigenvalue weighted by molar-refractivity contribution is 5.33. The third kappa shape index (κ3) is 3.50. The molecule has 0 radical (unpaired) electrons. The minimum atomic E-state index is -0.440. The topological polar surface area (TPSA) is 40.5 Å². The first-order chi connectivity index (χ1) is 14.4. The molecule has 0 amide bonds. The van der Waals surface area contributed by atoms with E-state index in [4.69, 9.17) is 0 Å². The van der Waals surface area contributed by atoms with Gasteiger partial charge in [-0.2, -0.15) is 0 Å². The normalized spacial score (nSPS) is 46.9. The molecule has 0 aromatic rings. The minimum absolute atomic E-state index is 0.167. The molecule has 0 aromatic carbocycles. The Morgan fingerprint density at radius 3 is 2.45 bits per heavy atom. The summed E-state index contributed by atoms with van der Waals surface area (Å²) >= 11 is 0. The van der Waals surface area contributed by atoms with Crippen LogP contribution in [0, 0.1) is 45.8 Å². The van der Waals surface area contributed by atoms with E-state index in [1.165, 1.54) is 49.7 Å². The third-order valence-corrected chi connectivity index (χ3v) is 11.0. The Hall–Kier alpha value is -0.600. The summed E-state index contributed by atoms with van der Waals surface area (Å²) in [7, 11) is 0. The van der Waals surface area contributed by atoms with E-state index in [0.717, 1.165) is 24.2 Å². The van der Waals surface area contributed by atoms with Crippen LogP contribution in [0.15, 0.2) is 23.3 Å². The second kappa shape index (κ2) is 8.01. The van der Waals surface area contributed by atoms with Gasteiger partial charge in [0.15, 0.2) is 0 Å². The Labute approximate surface area is 191 Å². The van der Waals surface area contributed by atoms with Gasteiger partial charge in [0.25, 0.3) is 0 Å². The first kappa shape index (κ1) is 23.6. The Morgan fingerprint density at radius 1 is 1.06 bits per heavy atom. The maximum Gasteiger partial charge on any atom is 0.0658 e. The molecule has 0 heterocycles. The van der Waals surface area contributed by atoms with Crippen LogP contribution in [-0.4, -0.2) is 22.4 Å². The molecular weight excluding hydrogens is 380 g/mol. The summed E-state index contributed by atoms with van der Waals surface area (Å²) in [6, 6.07) is 0. The maximum atomic E-state index is 11.3. The predicted molar refractivity (Wildman–Crippen MR) is 130 cm³/mol. The summed E-state index contributed by atoms with van der Waals surface area (Å²) in [6.45, 7) is 16.3. The molecule has 0 saturated heterocycles. The first-order valence-electron chi connectivity index (χ1n) is 13.1. The van der Waals surface area contributed by atoms with E-state index >= 15 is 0 Å². The molecule has 3 fully saturated rings. The summed E-state index contributed by atoms with van der Waals surface area (Å²) in [6.07, 6.45) is 13.6. The molecule has 4 rings (SSSR count). The van der Waals surface area contributed by atoms with Crippen LogP contribution in [0.4, 0.5) is 0 Å². The van der Waals surface area contributed by atoms with Gasteiger partial charge in [0.1, 0.15) is 0 Å². The zero-order valence-corrected chi connectivity index (χ0v) is 21.2. The van der Waals surface area contributed by atoms with E-state index in [0.29, 0.717) is 23.7 Å². The summed E-state index contributed by atoms with van der Waals surface area (Å²) in [5, 5.41) is 22.0. The summed E-state index contributed by atoms with van der Waals surface area (Å²) in [5.74, 6) is 3.69. The molecule has 0 unspecified atom stereocenters. The van der Waals surface area contributed by atoms with Gasteiger partial charge in [-0.25, -0.2) is 0 Å². The van der Waals surface area contributed by atoms with Gasteiger partial charge in [0.05, 0.1) is 12.2 Å². The molecule has 0 aliphatic heterocycles. The summed E-state index contributed by atoms with van der Waals surface area (Å²) in [5.41, 5.74) is 2.86. The Balaban J connectivity index is 1.59. The van der Waals surface area contributed by atoms with Crippen molar-refractivity contribution in [2.75, 3.05) is 0 Å². The van der Waals surface area contributed by atoms with Crippen LogP contribution in [0.2, 0.25) is 0 Å². The van der Waals surface area contributed by atoms with Crippen molar-refractivity contribution in [3.05, 3.63) is 23.3 Å². The van der Waals surface area contributed by atoms with Gasteiger partial charge in [0.2, 0.25) is 0 Å². The van der Waals surface area contributed by atoms with Crippen molar-refractivity contribution in [1.29, 1.82) is 0 Å². The number of aliphatic hydroxyl groups is 2. The lowest BCUT2D eigenvalue weighted by atomic mass is 9.43. The van der Waals surface area contributed by atoms with Crippen LogP contribution in [0.3, 0.4) is 0 Å². The highest BCUT2D eigenvalue weighted by Crippen LogP contribution is 2.68. The standard InChI is InChI=1S/C29H48O2/c1-18(2)9-8-10-19(3)21-12-13-22-20-11-14-24-27(4,5)25(30)17-26(31)29(24,7)23(20)15-16-28(21,22)6/h9,14,19-23,25-26,30-31H,8,10-13,15-17H2,1-7H3/t19-,20+,21-,22+,23+,25+,26+,28-,29-/m1/s1. The van der Waals surface area contributed by atoms with Gasteiger partial charge in [-0.1, -0.05) is 57.9 Å². The Bertz CT molecular complexity index is 744. The van der Waals surface area contributed by atoms with Crippen molar-refractivity contribution >= 4 is 0 Å². The van der Waals surface area contributed by atoms with Gasteiger partial charge in [0, 0.05) is 17.3 Å². The largest absolute Gasteiger partial charge is 0.392 e. The van der Waals surface area contributed by atoms with Crippen LogP contribution in [0.1, 0.15) is 99.8 Å². The van der Waals surface area contributed by atoms with E-state index in [1.807, 2.05) is 0 Å². The molecule has 2 heteroatoms.